The Hall–Kier alpha value is -3.16. The van der Waals surface area contributed by atoms with Crippen molar-refractivity contribution >= 4 is 23.5 Å². The van der Waals surface area contributed by atoms with E-state index in [-0.39, 0.29) is 11.8 Å². The van der Waals surface area contributed by atoms with Crippen molar-refractivity contribution < 1.29 is 18.7 Å². The number of rotatable bonds is 4. The molecule has 0 aliphatic carbocycles. The molecular formula is C21H25FN4O3. The molecule has 1 N–H and O–H groups in total. The fraction of sp³-hybridized carbons (Fsp3) is 0.381. The maximum absolute atomic E-state index is 13.7. The molecule has 2 aromatic rings. The number of anilines is 2. The number of carbonyl (C=O) groups excluding carboxylic acids is 2. The Bertz CT molecular complexity index is 873. The summed E-state index contributed by atoms with van der Waals surface area (Å²) in [6, 6.07) is 7.89. The Labute approximate surface area is 169 Å². The van der Waals surface area contributed by atoms with Gasteiger partial charge in [-0.15, -0.1) is 0 Å². The largest absolute Gasteiger partial charge is 0.462 e. The summed E-state index contributed by atoms with van der Waals surface area (Å²) in [6.45, 7) is 6.22. The lowest BCUT2D eigenvalue weighted by Gasteiger charge is -2.23. The van der Waals surface area contributed by atoms with E-state index in [1.165, 1.54) is 12.3 Å². The second-order valence-corrected chi connectivity index (χ2v) is 6.85. The Balaban J connectivity index is 1.58. The number of esters is 1. The van der Waals surface area contributed by atoms with Crippen LogP contribution in [0.2, 0.25) is 0 Å². The summed E-state index contributed by atoms with van der Waals surface area (Å²) in [5, 5.41) is 2.76. The van der Waals surface area contributed by atoms with Gasteiger partial charge in [-0.2, -0.15) is 0 Å². The molecule has 2 amide bonds. The first-order valence-corrected chi connectivity index (χ1v) is 9.68. The zero-order valence-electron chi connectivity index (χ0n) is 16.7. The van der Waals surface area contributed by atoms with Crippen molar-refractivity contribution in [2.45, 2.75) is 20.3 Å². The highest BCUT2D eigenvalue weighted by molar-refractivity contribution is 5.90. The number of halogens is 1. The van der Waals surface area contributed by atoms with Crippen molar-refractivity contribution in [3.05, 3.63) is 53.5 Å². The molecule has 7 nitrogen and oxygen atoms in total. The molecule has 0 atom stereocenters. The summed E-state index contributed by atoms with van der Waals surface area (Å²) in [5.41, 5.74) is 1.39. The zero-order chi connectivity index (χ0) is 20.8. The number of carbonyl (C=O) groups is 2. The lowest BCUT2D eigenvalue weighted by atomic mass is 10.2. The molecular weight excluding hydrogens is 375 g/mol. The van der Waals surface area contributed by atoms with Gasteiger partial charge in [-0.05, 0) is 50.1 Å². The number of pyridine rings is 1. The first-order chi connectivity index (χ1) is 14.0. The molecule has 29 heavy (non-hydrogen) atoms. The van der Waals surface area contributed by atoms with Crippen LogP contribution in [-0.2, 0) is 4.74 Å². The summed E-state index contributed by atoms with van der Waals surface area (Å²) >= 11 is 0. The highest BCUT2D eigenvalue weighted by Gasteiger charge is 2.20. The molecule has 0 bridgehead atoms. The Morgan fingerprint density at radius 2 is 2.00 bits per heavy atom. The van der Waals surface area contributed by atoms with Crippen molar-refractivity contribution in [3.63, 3.8) is 0 Å². The highest BCUT2D eigenvalue weighted by Crippen LogP contribution is 2.17. The molecule has 1 aliphatic heterocycles. The minimum Gasteiger partial charge on any atom is -0.462 e. The summed E-state index contributed by atoms with van der Waals surface area (Å²) < 4.78 is 18.7. The molecule has 1 saturated heterocycles. The van der Waals surface area contributed by atoms with Crippen molar-refractivity contribution in [2.75, 3.05) is 43.0 Å². The molecule has 3 rings (SSSR count). The zero-order valence-corrected chi connectivity index (χ0v) is 16.7. The predicted molar refractivity (Wildman–Crippen MR) is 109 cm³/mol. The SMILES string of the molecule is CCOC(=O)c1ccc(N2CCCN(C(=O)Nc3ccc(C)c(F)c3)CC2)nc1. The first-order valence-electron chi connectivity index (χ1n) is 9.68. The van der Waals surface area contributed by atoms with E-state index in [4.69, 9.17) is 4.74 Å². The third-order valence-corrected chi connectivity index (χ3v) is 4.79. The van der Waals surface area contributed by atoms with Gasteiger partial charge < -0.3 is 19.9 Å². The van der Waals surface area contributed by atoms with E-state index in [9.17, 15) is 14.0 Å². The molecule has 1 aromatic heterocycles. The molecule has 154 valence electrons. The van der Waals surface area contributed by atoms with Crippen molar-refractivity contribution in [1.29, 1.82) is 0 Å². The van der Waals surface area contributed by atoms with Crippen LogP contribution in [-0.4, -0.2) is 54.7 Å². The Morgan fingerprint density at radius 3 is 2.69 bits per heavy atom. The molecule has 0 saturated carbocycles. The highest BCUT2D eigenvalue weighted by atomic mass is 19.1. The van der Waals surface area contributed by atoms with Gasteiger partial charge in [-0.3, -0.25) is 0 Å². The summed E-state index contributed by atoms with van der Waals surface area (Å²) in [5.74, 6) is 0.0147. The second kappa shape index (κ2) is 9.36. The van der Waals surface area contributed by atoms with Crippen LogP contribution in [0.5, 0.6) is 0 Å². The maximum Gasteiger partial charge on any atom is 0.339 e. The number of amides is 2. The Morgan fingerprint density at radius 1 is 1.17 bits per heavy atom. The van der Waals surface area contributed by atoms with Gasteiger partial charge in [0.25, 0.3) is 0 Å². The van der Waals surface area contributed by atoms with E-state index < -0.39 is 5.97 Å². The number of hydrogen-bond acceptors (Lipinski definition) is 5. The smallest absolute Gasteiger partial charge is 0.339 e. The van der Waals surface area contributed by atoms with Gasteiger partial charge in [0.1, 0.15) is 11.6 Å². The first kappa shape index (κ1) is 20.6. The number of benzene rings is 1. The van der Waals surface area contributed by atoms with Crippen LogP contribution in [0.3, 0.4) is 0 Å². The standard InChI is InChI=1S/C21H25FN4O3/c1-3-29-20(27)16-6-8-19(23-14-16)25-9-4-10-26(12-11-25)21(28)24-17-7-5-15(2)18(22)13-17/h5-8,13-14H,3-4,9-12H2,1-2H3,(H,24,28). The van der Waals surface area contributed by atoms with E-state index in [0.29, 0.717) is 43.1 Å². The van der Waals surface area contributed by atoms with Crippen LogP contribution >= 0.6 is 0 Å². The number of hydrogen-bond donors (Lipinski definition) is 1. The van der Waals surface area contributed by atoms with E-state index >= 15 is 0 Å². The van der Waals surface area contributed by atoms with E-state index in [0.717, 1.165) is 18.8 Å². The third kappa shape index (κ3) is 5.22. The van der Waals surface area contributed by atoms with Crippen LogP contribution in [0, 0.1) is 12.7 Å². The molecule has 0 radical (unpaired) electrons. The van der Waals surface area contributed by atoms with Crippen LogP contribution in [0.25, 0.3) is 0 Å². The second-order valence-electron chi connectivity index (χ2n) is 6.85. The summed E-state index contributed by atoms with van der Waals surface area (Å²) in [4.78, 5) is 32.4. The number of urea groups is 1. The molecule has 1 fully saturated rings. The molecule has 1 aliphatic rings. The maximum atomic E-state index is 13.7. The van der Waals surface area contributed by atoms with Gasteiger partial charge in [0, 0.05) is 38.1 Å². The fourth-order valence-electron chi connectivity index (χ4n) is 3.13. The molecule has 1 aromatic carbocycles. The van der Waals surface area contributed by atoms with Crippen molar-refractivity contribution in [2.24, 2.45) is 0 Å². The van der Waals surface area contributed by atoms with E-state index in [2.05, 4.69) is 15.2 Å². The number of nitrogens with one attached hydrogen (secondary N) is 1. The minimum atomic E-state index is -0.391. The van der Waals surface area contributed by atoms with Crippen molar-refractivity contribution in [1.82, 2.24) is 9.88 Å². The van der Waals surface area contributed by atoms with Gasteiger partial charge in [0.2, 0.25) is 0 Å². The average molecular weight is 400 g/mol. The van der Waals surface area contributed by atoms with Gasteiger partial charge in [-0.1, -0.05) is 6.07 Å². The number of nitrogens with zero attached hydrogens (tertiary/aromatic N) is 3. The van der Waals surface area contributed by atoms with Crippen molar-refractivity contribution in [3.8, 4) is 0 Å². The molecule has 0 spiro atoms. The molecule has 0 unspecified atom stereocenters. The van der Waals surface area contributed by atoms with Crippen LogP contribution < -0.4 is 10.2 Å². The normalized spacial score (nSPS) is 14.3. The number of aromatic nitrogens is 1. The van der Waals surface area contributed by atoms with Gasteiger partial charge in [0.05, 0.1) is 12.2 Å². The van der Waals surface area contributed by atoms with Gasteiger partial charge in [0.15, 0.2) is 0 Å². The topological polar surface area (TPSA) is 74.8 Å². The Kier molecular flexibility index (Phi) is 6.64. The fourth-order valence-corrected chi connectivity index (χ4v) is 3.13. The van der Waals surface area contributed by atoms with E-state index in [1.807, 2.05) is 0 Å². The lowest BCUT2D eigenvalue weighted by Crippen LogP contribution is -2.38. The quantitative estimate of drug-likeness (QED) is 0.796. The van der Waals surface area contributed by atoms with Crippen LogP contribution in [0.1, 0.15) is 29.3 Å². The monoisotopic (exact) mass is 400 g/mol. The van der Waals surface area contributed by atoms with E-state index in [1.54, 1.807) is 43.0 Å². The van der Waals surface area contributed by atoms with Gasteiger partial charge in [-0.25, -0.2) is 19.0 Å². The third-order valence-electron chi connectivity index (χ3n) is 4.79. The minimum absolute atomic E-state index is 0.249. The van der Waals surface area contributed by atoms with Crippen LogP contribution in [0.15, 0.2) is 36.5 Å². The molecule has 8 heteroatoms. The lowest BCUT2D eigenvalue weighted by molar-refractivity contribution is 0.0526. The number of aryl methyl sites for hydroxylation is 1. The summed E-state index contributed by atoms with van der Waals surface area (Å²) in [7, 11) is 0. The number of ether oxygens (including phenoxy) is 1. The predicted octanol–water partition coefficient (Wildman–Crippen LogP) is 3.45. The average Bonchev–Trinajstić information content (AvgIpc) is 2.97. The van der Waals surface area contributed by atoms with Gasteiger partial charge >= 0.3 is 12.0 Å². The summed E-state index contributed by atoms with van der Waals surface area (Å²) in [6.07, 6.45) is 2.28. The molecule has 2 heterocycles. The van der Waals surface area contributed by atoms with Crippen LogP contribution in [0.4, 0.5) is 20.7 Å².